The van der Waals surface area contributed by atoms with E-state index < -0.39 is 0 Å². The highest BCUT2D eigenvalue weighted by Crippen LogP contribution is 2.13. The second-order valence-electron chi connectivity index (χ2n) is 3.84. The minimum atomic E-state index is 0.0116. The van der Waals surface area contributed by atoms with Crippen LogP contribution in [0.4, 0.5) is 0 Å². The molecule has 0 saturated carbocycles. The lowest BCUT2D eigenvalue weighted by molar-refractivity contribution is -0.123. The molecule has 4 heteroatoms. The van der Waals surface area contributed by atoms with Gasteiger partial charge < -0.3 is 15.4 Å². The van der Waals surface area contributed by atoms with Crippen molar-refractivity contribution in [3.63, 3.8) is 0 Å². The fourth-order valence-corrected chi connectivity index (χ4v) is 1.72. The molecular formula is C10H20N2O2. The highest BCUT2D eigenvalue weighted by molar-refractivity contribution is 5.82. The highest BCUT2D eigenvalue weighted by atomic mass is 16.5. The van der Waals surface area contributed by atoms with Crippen molar-refractivity contribution in [3.05, 3.63) is 0 Å². The molecule has 0 aromatic carbocycles. The maximum absolute atomic E-state index is 11.6. The molecule has 0 spiro atoms. The van der Waals surface area contributed by atoms with E-state index in [-0.39, 0.29) is 11.9 Å². The molecule has 0 bridgehead atoms. The van der Waals surface area contributed by atoms with Crippen LogP contribution in [-0.4, -0.2) is 38.8 Å². The van der Waals surface area contributed by atoms with Gasteiger partial charge in [0, 0.05) is 20.3 Å². The molecule has 4 nitrogen and oxygen atoms in total. The number of hydrogen-bond donors (Lipinski definition) is 2. The number of carbonyl (C=O) groups is 1. The lowest BCUT2D eigenvalue weighted by Gasteiger charge is -2.15. The van der Waals surface area contributed by atoms with E-state index in [1.807, 2.05) is 0 Å². The van der Waals surface area contributed by atoms with Gasteiger partial charge in [0.15, 0.2) is 0 Å². The van der Waals surface area contributed by atoms with Gasteiger partial charge in [-0.05, 0) is 25.3 Å². The Morgan fingerprint density at radius 1 is 1.64 bits per heavy atom. The van der Waals surface area contributed by atoms with Gasteiger partial charge in [-0.2, -0.15) is 0 Å². The van der Waals surface area contributed by atoms with Crippen LogP contribution in [0.1, 0.15) is 19.8 Å². The largest absolute Gasteiger partial charge is 0.385 e. The third-order valence-electron chi connectivity index (χ3n) is 2.64. The second-order valence-corrected chi connectivity index (χ2v) is 3.84. The van der Waals surface area contributed by atoms with Crippen LogP contribution < -0.4 is 10.6 Å². The van der Waals surface area contributed by atoms with Gasteiger partial charge in [-0.1, -0.05) is 6.92 Å². The average Bonchev–Trinajstić information content (AvgIpc) is 2.59. The van der Waals surface area contributed by atoms with Crippen molar-refractivity contribution in [1.29, 1.82) is 0 Å². The number of carbonyl (C=O) groups excluding carboxylic acids is 1. The Morgan fingerprint density at radius 2 is 2.43 bits per heavy atom. The zero-order valence-corrected chi connectivity index (χ0v) is 9.01. The monoisotopic (exact) mass is 200 g/mol. The molecule has 2 unspecified atom stereocenters. The Balaban J connectivity index is 2.14. The quantitative estimate of drug-likeness (QED) is 0.621. The van der Waals surface area contributed by atoms with Gasteiger partial charge in [0.25, 0.3) is 0 Å². The van der Waals surface area contributed by atoms with Gasteiger partial charge in [-0.25, -0.2) is 0 Å². The standard InChI is InChI=1S/C10H20N2O2/c1-8-4-6-11-9(8)10(13)12-5-3-7-14-2/h8-9,11H,3-7H2,1-2H3,(H,12,13). The third kappa shape index (κ3) is 3.27. The van der Waals surface area contributed by atoms with E-state index in [1.165, 1.54) is 0 Å². The van der Waals surface area contributed by atoms with Crippen molar-refractivity contribution in [1.82, 2.24) is 10.6 Å². The fraction of sp³-hybridized carbons (Fsp3) is 0.900. The summed E-state index contributed by atoms with van der Waals surface area (Å²) < 4.78 is 4.90. The molecule has 2 N–H and O–H groups in total. The number of amides is 1. The molecule has 1 fully saturated rings. The van der Waals surface area contributed by atoms with Crippen LogP contribution in [0, 0.1) is 5.92 Å². The molecule has 1 saturated heterocycles. The van der Waals surface area contributed by atoms with Crippen LogP contribution in [-0.2, 0) is 9.53 Å². The van der Waals surface area contributed by atoms with Gasteiger partial charge >= 0.3 is 0 Å². The number of methoxy groups -OCH3 is 1. The predicted molar refractivity (Wildman–Crippen MR) is 55.1 cm³/mol. The van der Waals surface area contributed by atoms with Crippen molar-refractivity contribution < 1.29 is 9.53 Å². The molecule has 1 heterocycles. The summed E-state index contributed by atoms with van der Waals surface area (Å²) in [6.45, 7) is 4.47. The van der Waals surface area contributed by atoms with E-state index in [0.29, 0.717) is 19.1 Å². The number of ether oxygens (including phenoxy) is 1. The van der Waals surface area contributed by atoms with Crippen LogP contribution in [0.2, 0.25) is 0 Å². The van der Waals surface area contributed by atoms with Crippen LogP contribution in [0.25, 0.3) is 0 Å². The molecule has 0 aromatic rings. The van der Waals surface area contributed by atoms with Crippen molar-refractivity contribution >= 4 is 5.91 Å². The first-order valence-corrected chi connectivity index (χ1v) is 5.25. The molecule has 0 aromatic heterocycles. The van der Waals surface area contributed by atoms with Crippen LogP contribution in [0.3, 0.4) is 0 Å². The van der Waals surface area contributed by atoms with Gasteiger partial charge in [-0.3, -0.25) is 4.79 Å². The Bertz CT molecular complexity index is 185. The molecule has 1 rings (SSSR count). The first-order valence-electron chi connectivity index (χ1n) is 5.25. The summed E-state index contributed by atoms with van der Waals surface area (Å²) in [6, 6.07) is 0.0116. The maximum Gasteiger partial charge on any atom is 0.237 e. The SMILES string of the molecule is COCCCNC(=O)C1NCCC1C. The Hall–Kier alpha value is -0.610. The minimum absolute atomic E-state index is 0.0116. The summed E-state index contributed by atoms with van der Waals surface area (Å²) in [5.41, 5.74) is 0. The Labute approximate surface area is 85.4 Å². The normalized spacial score (nSPS) is 26.4. The predicted octanol–water partition coefficient (Wildman–Crippen LogP) is 0.137. The first-order chi connectivity index (χ1) is 6.75. The van der Waals surface area contributed by atoms with E-state index in [1.54, 1.807) is 7.11 Å². The molecule has 14 heavy (non-hydrogen) atoms. The first kappa shape index (κ1) is 11.5. The van der Waals surface area contributed by atoms with Crippen molar-refractivity contribution in [2.24, 2.45) is 5.92 Å². The van der Waals surface area contributed by atoms with Gasteiger partial charge in [0.2, 0.25) is 5.91 Å². The van der Waals surface area contributed by atoms with Crippen LogP contribution >= 0.6 is 0 Å². The highest BCUT2D eigenvalue weighted by Gasteiger charge is 2.28. The Kier molecular flexibility index (Phi) is 4.90. The van der Waals surface area contributed by atoms with Crippen LogP contribution in [0.5, 0.6) is 0 Å². The van der Waals surface area contributed by atoms with Crippen molar-refractivity contribution in [2.45, 2.75) is 25.8 Å². The van der Waals surface area contributed by atoms with Crippen LogP contribution in [0.15, 0.2) is 0 Å². The van der Waals surface area contributed by atoms with E-state index >= 15 is 0 Å². The molecule has 2 atom stereocenters. The van der Waals surface area contributed by atoms with Gasteiger partial charge in [0.1, 0.15) is 0 Å². The van der Waals surface area contributed by atoms with Crippen molar-refractivity contribution in [2.75, 3.05) is 26.8 Å². The second kappa shape index (κ2) is 5.98. The molecular weight excluding hydrogens is 180 g/mol. The van der Waals surface area contributed by atoms with E-state index in [9.17, 15) is 4.79 Å². The minimum Gasteiger partial charge on any atom is -0.385 e. The summed E-state index contributed by atoms with van der Waals surface area (Å²) in [6.07, 6.45) is 1.97. The zero-order valence-electron chi connectivity index (χ0n) is 9.01. The molecule has 1 amide bonds. The fourth-order valence-electron chi connectivity index (χ4n) is 1.72. The number of nitrogens with one attached hydrogen (secondary N) is 2. The topological polar surface area (TPSA) is 50.4 Å². The summed E-state index contributed by atoms with van der Waals surface area (Å²) in [5, 5.41) is 6.11. The van der Waals surface area contributed by atoms with E-state index in [4.69, 9.17) is 4.74 Å². The zero-order chi connectivity index (χ0) is 10.4. The lowest BCUT2D eigenvalue weighted by Crippen LogP contribution is -2.43. The average molecular weight is 200 g/mol. The van der Waals surface area contributed by atoms with Gasteiger partial charge in [0.05, 0.1) is 6.04 Å². The maximum atomic E-state index is 11.6. The van der Waals surface area contributed by atoms with Crippen molar-refractivity contribution in [3.8, 4) is 0 Å². The van der Waals surface area contributed by atoms with Gasteiger partial charge in [-0.15, -0.1) is 0 Å². The molecule has 0 aliphatic carbocycles. The molecule has 82 valence electrons. The summed E-state index contributed by atoms with van der Waals surface area (Å²) in [5.74, 6) is 0.587. The molecule has 0 radical (unpaired) electrons. The van der Waals surface area contributed by atoms with E-state index in [2.05, 4.69) is 17.6 Å². The number of rotatable bonds is 5. The Morgan fingerprint density at radius 3 is 3.00 bits per heavy atom. The number of hydrogen-bond acceptors (Lipinski definition) is 3. The molecule has 1 aliphatic heterocycles. The summed E-state index contributed by atoms with van der Waals surface area (Å²) >= 11 is 0. The molecule has 1 aliphatic rings. The summed E-state index contributed by atoms with van der Waals surface area (Å²) in [4.78, 5) is 11.6. The van der Waals surface area contributed by atoms with E-state index in [0.717, 1.165) is 19.4 Å². The summed E-state index contributed by atoms with van der Waals surface area (Å²) in [7, 11) is 1.67. The lowest BCUT2D eigenvalue weighted by atomic mass is 10.0. The third-order valence-corrected chi connectivity index (χ3v) is 2.64. The smallest absolute Gasteiger partial charge is 0.237 e.